The number of aromatic nitrogens is 6. The smallest absolute Gasteiger partial charge is 0.407 e. The van der Waals surface area contributed by atoms with E-state index in [1.807, 2.05) is 65.8 Å². The van der Waals surface area contributed by atoms with Crippen molar-refractivity contribution in [2.24, 2.45) is 5.73 Å². The maximum Gasteiger partial charge on any atom is 0.407 e. The number of hydrogen-bond donors (Lipinski definition) is 4. The lowest BCUT2D eigenvalue weighted by atomic mass is 10.2. The van der Waals surface area contributed by atoms with Gasteiger partial charge in [0.25, 0.3) is 0 Å². The standard InChI is InChI=1S/C19H24ClN5O2.C10H20N2O2.C9H5Cl2N3/c1-19(2,3)27-18(26)24-14-7-6-13(9-14)23-17-22-11-15(20)16(25-17)12-5-4-8-21-10-12;1-10(2,3)14-9(13)12-8-5-4-7(11)6-8;10-7-5-13-9(11)14-8(7)6-2-1-3-12-4-6/h4-5,8,10-11,13-14H,6-7,9H2,1-3H3,(H,24,26)(H,22,23,25);7-8H,4-6,11H2,1-3H3,(H,12,13);1-5H/t13-,14+;7-,8+;/m00./s1. The van der Waals surface area contributed by atoms with Crippen LogP contribution in [0.25, 0.3) is 22.5 Å². The van der Waals surface area contributed by atoms with Gasteiger partial charge in [0.05, 0.1) is 33.8 Å². The van der Waals surface area contributed by atoms with Gasteiger partial charge in [-0.05, 0) is 116 Å². The third-order valence-corrected chi connectivity index (χ3v) is 8.74. The van der Waals surface area contributed by atoms with E-state index in [4.69, 9.17) is 50.0 Å². The summed E-state index contributed by atoms with van der Waals surface area (Å²) in [5, 5.41) is 10.2. The van der Waals surface area contributed by atoms with Gasteiger partial charge in [0.2, 0.25) is 11.2 Å². The number of nitrogens with zero attached hydrogens (tertiary/aromatic N) is 6. The zero-order valence-electron chi connectivity index (χ0n) is 31.9. The molecular formula is C38H49Cl3N10O4. The third kappa shape index (κ3) is 15.4. The highest BCUT2D eigenvalue weighted by Crippen LogP contribution is 2.28. The predicted octanol–water partition coefficient (Wildman–Crippen LogP) is 8.29. The molecule has 0 spiro atoms. The van der Waals surface area contributed by atoms with Crippen LogP contribution in [0.15, 0.2) is 61.4 Å². The van der Waals surface area contributed by atoms with Crippen LogP contribution in [0.5, 0.6) is 0 Å². The number of alkyl carbamates (subject to hydrolysis) is 2. The van der Waals surface area contributed by atoms with Crippen molar-refractivity contribution < 1.29 is 19.1 Å². The Balaban J connectivity index is 0.000000202. The third-order valence-electron chi connectivity index (χ3n) is 8.01. The van der Waals surface area contributed by atoms with Gasteiger partial charge in [-0.25, -0.2) is 29.5 Å². The van der Waals surface area contributed by atoms with E-state index in [0.717, 1.165) is 49.7 Å². The summed E-state index contributed by atoms with van der Waals surface area (Å²) in [6.45, 7) is 11.1. The Kier molecular flexibility index (Phi) is 15.8. The van der Waals surface area contributed by atoms with Crippen LogP contribution in [0, 0.1) is 0 Å². The summed E-state index contributed by atoms with van der Waals surface area (Å²) in [4.78, 5) is 47.9. The second-order valence-corrected chi connectivity index (χ2v) is 16.3. The number of hydrogen-bond acceptors (Lipinski definition) is 12. The van der Waals surface area contributed by atoms with Gasteiger partial charge in [-0.1, -0.05) is 23.2 Å². The minimum Gasteiger partial charge on any atom is -0.444 e. The minimum atomic E-state index is -0.500. The van der Waals surface area contributed by atoms with E-state index in [1.54, 1.807) is 31.0 Å². The minimum absolute atomic E-state index is 0.0717. The van der Waals surface area contributed by atoms with E-state index in [1.165, 1.54) is 6.20 Å². The lowest BCUT2D eigenvalue weighted by molar-refractivity contribution is 0.0493. The van der Waals surface area contributed by atoms with E-state index < -0.39 is 11.2 Å². The van der Waals surface area contributed by atoms with Crippen molar-refractivity contribution in [3.05, 3.63) is 76.8 Å². The average Bonchev–Trinajstić information content (AvgIpc) is 3.73. The number of amides is 2. The summed E-state index contributed by atoms with van der Waals surface area (Å²) in [6, 6.07) is 8.08. The van der Waals surface area contributed by atoms with Crippen molar-refractivity contribution in [1.82, 2.24) is 40.5 Å². The van der Waals surface area contributed by atoms with E-state index in [-0.39, 0.29) is 41.6 Å². The van der Waals surface area contributed by atoms with Gasteiger partial charge >= 0.3 is 12.2 Å². The molecule has 0 bridgehead atoms. The van der Waals surface area contributed by atoms with Crippen LogP contribution in [-0.4, -0.2) is 77.5 Å². The molecule has 2 aliphatic carbocycles. The molecular weight excluding hydrogens is 767 g/mol. The molecule has 0 aliphatic heterocycles. The maximum absolute atomic E-state index is 11.9. The highest BCUT2D eigenvalue weighted by molar-refractivity contribution is 6.33. The van der Waals surface area contributed by atoms with Crippen LogP contribution in [0.3, 0.4) is 0 Å². The molecule has 5 N–H and O–H groups in total. The van der Waals surface area contributed by atoms with Gasteiger partial charge < -0.3 is 31.2 Å². The molecule has 0 saturated heterocycles. The molecule has 2 fully saturated rings. The van der Waals surface area contributed by atoms with Crippen LogP contribution >= 0.6 is 34.8 Å². The van der Waals surface area contributed by atoms with E-state index in [0.29, 0.717) is 27.4 Å². The van der Waals surface area contributed by atoms with E-state index in [2.05, 4.69) is 45.9 Å². The van der Waals surface area contributed by atoms with Crippen molar-refractivity contribution in [2.45, 2.75) is 115 Å². The monoisotopic (exact) mass is 814 g/mol. The van der Waals surface area contributed by atoms with Gasteiger partial charge in [-0.2, -0.15) is 0 Å². The van der Waals surface area contributed by atoms with Crippen molar-refractivity contribution >= 4 is 52.9 Å². The summed E-state index contributed by atoms with van der Waals surface area (Å²) in [6.07, 6.45) is 14.5. The Morgan fingerprint density at radius 3 is 1.67 bits per heavy atom. The number of halogens is 3. The molecule has 4 heterocycles. The number of anilines is 1. The Hall–Kier alpha value is -4.37. The first-order chi connectivity index (χ1) is 25.9. The molecule has 0 aromatic carbocycles. The largest absolute Gasteiger partial charge is 0.444 e. The number of carbonyl (C=O) groups is 2. The highest BCUT2D eigenvalue weighted by atomic mass is 35.5. The summed E-state index contributed by atoms with van der Waals surface area (Å²) in [5.74, 6) is 0.515. The number of ether oxygens (including phenoxy) is 2. The molecule has 6 rings (SSSR count). The molecule has 14 nitrogen and oxygen atoms in total. The topological polar surface area (TPSA) is 192 Å². The summed E-state index contributed by atoms with van der Waals surface area (Å²) in [5.41, 5.74) is 7.71. The van der Waals surface area contributed by atoms with Gasteiger partial charge in [-0.3, -0.25) is 9.97 Å². The fraction of sp³-hybridized carbons (Fsp3) is 0.474. The van der Waals surface area contributed by atoms with Crippen LogP contribution in [0.2, 0.25) is 15.3 Å². The van der Waals surface area contributed by atoms with Gasteiger partial charge in [0, 0.05) is 60.1 Å². The van der Waals surface area contributed by atoms with Crippen LogP contribution in [0.1, 0.15) is 80.1 Å². The lowest BCUT2D eigenvalue weighted by Gasteiger charge is -2.21. The first kappa shape index (κ1) is 43.4. The first-order valence-corrected chi connectivity index (χ1v) is 19.1. The zero-order valence-corrected chi connectivity index (χ0v) is 34.1. The van der Waals surface area contributed by atoms with Gasteiger partial charge in [0.1, 0.15) is 11.2 Å². The molecule has 4 atom stereocenters. The molecule has 0 radical (unpaired) electrons. The predicted molar refractivity (Wildman–Crippen MR) is 215 cm³/mol. The van der Waals surface area contributed by atoms with Crippen molar-refractivity contribution in [1.29, 1.82) is 0 Å². The molecule has 4 aromatic rings. The molecule has 296 valence electrons. The van der Waals surface area contributed by atoms with Crippen LogP contribution in [0.4, 0.5) is 15.5 Å². The fourth-order valence-electron chi connectivity index (χ4n) is 5.72. The summed E-state index contributed by atoms with van der Waals surface area (Å²) < 4.78 is 10.5. The quantitative estimate of drug-likeness (QED) is 0.136. The van der Waals surface area contributed by atoms with Crippen LogP contribution < -0.4 is 21.7 Å². The normalized spacial score (nSPS) is 19.2. The molecule has 2 aliphatic rings. The van der Waals surface area contributed by atoms with Crippen molar-refractivity contribution in [3.63, 3.8) is 0 Å². The Labute approximate surface area is 337 Å². The Morgan fingerprint density at radius 2 is 1.18 bits per heavy atom. The highest BCUT2D eigenvalue weighted by Gasteiger charge is 2.29. The van der Waals surface area contributed by atoms with Crippen molar-refractivity contribution in [3.8, 4) is 22.5 Å². The number of rotatable bonds is 6. The van der Waals surface area contributed by atoms with Gasteiger partial charge in [-0.15, -0.1) is 0 Å². The molecule has 2 amide bonds. The molecule has 55 heavy (non-hydrogen) atoms. The number of nitrogens with two attached hydrogens (primary N) is 1. The zero-order chi connectivity index (χ0) is 40.2. The SMILES string of the molecule is CC(C)(C)OC(=O)N[C@@H]1CC[C@H](N)C1.CC(C)(C)OC(=O)N[C@@H]1CC[C@H](Nc2ncc(Cl)c(-c3cccnc3)n2)C1.Clc1ncc(Cl)c(-c2cccnc2)n1. The van der Waals surface area contributed by atoms with E-state index >= 15 is 0 Å². The maximum atomic E-state index is 11.9. The number of pyridine rings is 2. The lowest BCUT2D eigenvalue weighted by Crippen LogP contribution is -2.38. The molecule has 0 unspecified atom stereocenters. The van der Waals surface area contributed by atoms with E-state index in [9.17, 15) is 9.59 Å². The average molecular weight is 816 g/mol. The number of carbonyl (C=O) groups excluding carboxylic acids is 2. The second-order valence-electron chi connectivity index (χ2n) is 15.1. The van der Waals surface area contributed by atoms with Crippen molar-refractivity contribution in [2.75, 3.05) is 5.32 Å². The summed E-state index contributed by atoms with van der Waals surface area (Å²) in [7, 11) is 0. The van der Waals surface area contributed by atoms with Gasteiger partial charge in [0.15, 0.2) is 0 Å². The number of nitrogens with one attached hydrogen (secondary N) is 3. The Morgan fingerprint density at radius 1 is 0.691 bits per heavy atom. The molecule has 17 heteroatoms. The molecule has 4 aromatic heterocycles. The van der Waals surface area contributed by atoms with Crippen LogP contribution in [-0.2, 0) is 9.47 Å². The Bertz CT molecular complexity index is 1850. The first-order valence-electron chi connectivity index (χ1n) is 18.0. The summed E-state index contributed by atoms with van der Waals surface area (Å²) >= 11 is 17.8. The molecule has 2 saturated carbocycles. The second kappa shape index (κ2) is 20.0. The fourth-order valence-corrected chi connectivity index (χ4v) is 6.25.